The third-order valence-electron chi connectivity index (χ3n) is 3.40. The van der Waals surface area contributed by atoms with Crippen molar-refractivity contribution in [3.05, 3.63) is 56.1 Å². The summed E-state index contributed by atoms with van der Waals surface area (Å²) >= 11 is 8.27. The summed E-state index contributed by atoms with van der Waals surface area (Å²) in [5.74, 6) is -0.458. The van der Waals surface area contributed by atoms with Gasteiger partial charge in [0.05, 0.1) is 15.5 Å². The molecule has 128 valence electrons. The van der Waals surface area contributed by atoms with E-state index in [1.807, 2.05) is 19.1 Å². The molecule has 2 aromatic carbocycles. The van der Waals surface area contributed by atoms with E-state index < -0.39 is 15.9 Å². The van der Waals surface area contributed by atoms with E-state index in [9.17, 15) is 13.2 Å². The van der Waals surface area contributed by atoms with Crippen LogP contribution in [0, 0.1) is 10.5 Å². The van der Waals surface area contributed by atoms with Crippen molar-refractivity contribution in [3.63, 3.8) is 0 Å². The molecule has 0 saturated heterocycles. The number of nitrogens with one attached hydrogen (secondary N) is 1. The van der Waals surface area contributed by atoms with Gasteiger partial charge >= 0.3 is 0 Å². The lowest BCUT2D eigenvalue weighted by molar-refractivity contribution is 0.102. The number of hydrogen-bond acceptors (Lipinski definition) is 3. The SMILES string of the molecule is Cc1cc(I)ccc1NC(=O)c1cc(S(=O)(=O)N(C)C)ccc1Cl. The molecular weight excluding hydrogens is 463 g/mol. The number of halogens is 2. The number of nitrogens with zero attached hydrogens (tertiary/aromatic N) is 1. The molecule has 0 atom stereocenters. The second-order valence-electron chi connectivity index (χ2n) is 5.34. The van der Waals surface area contributed by atoms with Crippen LogP contribution in [0.25, 0.3) is 0 Å². The second-order valence-corrected chi connectivity index (χ2v) is 9.15. The van der Waals surface area contributed by atoms with E-state index in [-0.39, 0.29) is 15.5 Å². The van der Waals surface area contributed by atoms with Crippen LogP contribution in [0.15, 0.2) is 41.3 Å². The summed E-state index contributed by atoms with van der Waals surface area (Å²) < 4.78 is 26.6. The van der Waals surface area contributed by atoms with E-state index in [1.54, 1.807) is 6.07 Å². The van der Waals surface area contributed by atoms with Crippen LogP contribution in [-0.4, -0.2) is 32.7 Å². The lowest BCUT2D eigenvalue weighted by Crippen LogP contribution is -2.23. The average molecular weight is 479 g/mol. The number of carbonyl (C=O) groups excluding carboxylic acids is 1. The van der Waals surface area contributed by atoms with E-state index in [2.05, 4.69) is 27.9 Å². The first kappa shape index (κ1) is 19.2. The van der Waals surface area contributed by atoms with Crippen molar-refractivity contribution in [2.75, 3.05) is 19.4 Å². The van der Waals surface area contributed by atoms with Gasteiger partial charge in [0.1, 0.15) is 0 Å². The Kier molecular flexibility index (Phi) is 5.90. The Morgan fingerprint density at radius 2 is 1.83 bits per heavy atom. The maximum atomic E-state index is 12.5. The van der Waals surface area contributed by atoms with Crippen molar-refractivity contribution >= 4 is 55.8 Å². The average Bonchev–Trinajstić information content (AvgIpc) is 2.50. The standard InChI is InChI=1S/C16H16ClIN2O3S/c1-10-8-11(18)4-7-15(10)19-16(21)13-9-12(5-6-14(13)17)24(22,23)20(2)3/h4-9H,1-3H3,(H,19,21). The van der Waals surface area contributed by atoms with Crippen LogP contribution in [-0.2, 0) is 10.0 Å². The molecule has 1 amide bonds. The minimum atomic E-state index is -3.64. The van der Waals surface area contributed by atoms with Crippen molar-refractivity contribution in [2.24, 2.45) is 0 Å². The molecule has 0 aliphatic carbocycles. The molecule has 1 N–H and O–H groups in total. The number of amides is 1. The Morgan fingerprint density at radius 3 is 2.42 bits per heavy atom. The van der Waals surface area contributed by atoms with Gasteiger partial charge in [-0.1, -0.05) is 11.6 Å². The lowest BCUT2D eigenvalue weighted by Gasteiger charge is -2.14. The molecule has 0 aliphatic heterocycles. The maximum absolute atomic E-state index is 12.5. The Bertz CT molecular complexity index is 898. The molecule has 5 nitrogen and oxygen atoms in total. The Balaban J connectivity index is 2.39. The highest BCUT2D eigenvalue weighted by atomic mass is 127. The molecule has 0 fully saturated rings. The topological polar surface area (TPSA) is 66.5 Å². The predicted octanol–water partition coefficient (Wildman–Crippen LogP) is 3.76. The number of anilines is 1. The number of carbonyl (C=O) groups is 1. The first-order valence-corrected chi connectivity index (χ1v) is 9.82. The van der Waals surface area contributed by atoms with Gasteiger partial charge < -0.3 is 5.32 Å². The van der Waals surface area contributed by atoms with Gasteiger partial charge in [-0.05, 0) is 71.5 Å². The Labute approximate surface area is 160 Å². The predicted molar refractivity (Wildman–Crippen MR) is 104 cm³/mol. The van der Waals surface area contributed by atoms with Crippen LogP contribution >= 0.6 is 34.2 Å². The van der Waals surface area contributed by atoms with E-state index in [0.29, 0.717) is 5.69 Å². The summed E-state index contributed by atoms with van der Waals surface area (Å²) in [5.41, 5.74) is 1.67. The number of sulfonamides is 1. The van der Waals surface area contributed by atoms with Gasteiger partial charge in [-0.2, -0.15) is 0 Å². The first-order chi connectivity index (χ1) is 11.1. The van der Waals surface area contributed by atoms with E-state index in [1.165, 1.54) is 32.3 Å². The second kappa shape index (κ2) is 7.38. The van der Waals surface area contributed by atoms with Crippen LogP contribution in [0.4, 0.5) is 5.69 Å². The van der Waals surface area contributed by atoms with Gasteiger partial charge in [-0.3, -0.25) is 4.79 Å². The van der Waals surface area contributed by atoms with E-state index in [4.69, 9.17) is 11.6 Å². The van der Waals surface area contributed by atoms with Crippen molar-refractivity contribution in [2.45, 2.75) is 11.8 Å². The molecule has 2 rings (SSSR count). The summed E-state index contributed by atoms with van der Waals surface area (Å²) in [5, 5.41) is 2.96. The Morgan fingerprint density at radius 1 is 1.17 bits per heavy atom. The molecule has 24 heavy (non-hydrogen) atoms. The first-order valence-electron chi connectivity index (χ1n) is 6.92. The van der Waals surface area contributed by atoms with Gasteiger partial charge in [-0.15, -0.1) is 0 Å². The molecule has 0 bridgehead atoms. The van der Waals surface area contributed by atoms with E-state index in [0.717, 1.165) is 13.4 Å². The number of hydrogen-bond donors (Lipinski definition) is 1. The largest absolute Gasteiger partial charge is 0.322 e. The monoisotopic (exact) mass is 478 g/mol. The highest BCUT2D eigenvalue weighted by Crippen LogP contribution is 2.24. The molecule has 0 saturated carbocycles. The van der Waals surface area contributed by atoms with Crippen molar-refractivity contribution < 1.29 is 13.2 Å². The smallest absolute Gasteiger partial charge is 0.257 e. The fourth-order valence-electron chi connectivity index (χ4n) is 2.01. The fraction of sp³-hybridized carbons (Fsp3) is 0.188. The van der Waals surface area contributed by atoms with Gasteiger partial charge in [-0.25, -0.2) is 12.7 Å². The summed E-state index contributed by atoms with van der Waals surface area (Å²) in [4.78, 5) is 12.5. The molecule has 0 aromatic heterocycles. The molecule has 8 heteroatoms. The van der Waals surface area contributed by atoms with E-state index >= 15 is 0 Å². The third kappa shape index (κ3) is 4.08. The summed E-state index contributed by atoms with van der Waals surface area (Å²) in [7, 11) is -0.784. The normalized spacial score (nSPS) is 11.6. The molecular formula is C16H16ClIN2O3S. The van der Waals surface area contributed by atoms with Crippen LogP contribution in [0.5, 0.6) is 0 Å². The number of rotatable bonds is 4. The number of benzene rings is 2. The van der Waals surface area contributed by atoms with Crippen LogP contribution in [0.3, 0.4) is 0 Å². The zero-order chi connectivity index (χ0) is 18.1. The minimum absolute atomic E-state index is 0.0152. The molecule has 0 unspecified atom stereocenters. The highest BCUT2D eigenvalue weighted by molar-refractivity contribution is 14.1. The third-order valence-corrected chi connectivity index (χ3v) is 6.21. The minimum Gasteiger partial charge on any atom is -0.322 e. The number of aryl methyl sites for hydroxylation is 1. The van der Waals surface area contributed by atoms with Gasteiger partial charge in [0, 0.05) is 23.4 Å². The molecule has 2 aromatic rings. The van der Waals surface area contributed by atoms with Gasteiger partial charge in [0.15, 0.2) is 0 Å². The van der Waals surface area contributed by atoms with Crippen LogP contribution in [0.2, 0.25) is 5.02 Å². The van der Waals surface area contributed by atoms with Crippen molar-refractivity contribution in [1.29, 1.82) is 0 Å². The van der Waals surface area contributed by atoms with Gasteiger partial charge in [0.25, 0.3) is 5.91 Å². The Hall–Kier alpha value is -1.16. The zero-order valence-corrected chi connectivity index (χ0v) is 17.0. The van der Waals surface area contributed by atoms with Crippen molar-refractivity contribution in [3.8, 4) is 0 Å². The molecule has 0 heterocycles. The summed E-state index contributed by atoms with van der Waals surface area (Å²) in [6, 6.07) is 9.68. The summed E-state index contributed by atoms with van der Waals surface area (Å²) in [6.07, 6.45) is 0. The molecule has 0 spiro atoms. The van der Waals surface area contributed by atoms with Crippen molar-refractivity contribution in [1.82, 2.24) is 4.31 Å². The van der Waals surface area contributed by atoms with Crippen LogP contribution < -0.4 is 5.32 Å². The maximum Gasteiger partial charge on any atom is 0.257 e. The molecule has 0 aliphatic rings. The summed E-state index contributed by atoms with van der Waals surface area (Å²) in [6.45, 7) is 1.88. The quantitative estimate of drug-likeness (QED) is 0.681. The highest BCUT2D eigenvalue weighted by Gasteiger charge is 2.21. The lowest BCUT2D eigenvalue weighted by atomic mass is 10.1. The molecule has 0 radical (unpaired) electrons. The zero-order valence-electron chi connectivity index (χ0n) is 13.3. The van der Waals surface area contributed by atoms with Crippen LogP contribution in [0.1, 0.15) is 15.9 Å². The van der Waals surface area contributed by atoms with Gasteiger partial charge in [0.2, 0.25) is 10.0 Å². The fourth-order valence-corrected chi connectivity index (χ4v) is 3.79.